The maximum absolute atomic E-state index is 13.0. The smallest absolute Gasteiger partial charge is 0.335 e. The van der Waals surface area contributed by atoms with Gasteiger partial charge in [0.15, 0.2) is 18.1 Å². The van der Waals surface area contributed by atoms with E-state index < -0.39 is 23.8 Å². The Morgan fingerprint density at radius 2 is 1.66 bits per heavy atom. The number of para-hydroxylation sites is 2. The highest BCUT2D eigenvalue weighted by molar-refractivity contribution is 6.39. The van der Waals surface area contributed by atoms with Crippen molar-refractivity contribution in [2.45, 2.75) is 0 Å². The predicted molar refractivity (Wildman–Crippen MR) is 137 cm³/mol. The van der Waals surface area contributed by atoms with Crippen LogP contribution in [-0.2, 0) is 14.4 Å². The Morgan fingerprint density at radius 3 is 2.37 bits per heavy atom. The van der Waals surface area contributed by atoms with Crippen LogP contribution >= 0.6 is 0 Å². The Balaban J connectivity index is 1.50. The number of aromatic hydroxyl groups is 1. The van der Waals surface area contributed by atoms with Crippen molar-refractivity contribution in [1.29, 1.82) is 0 Å². The van der Waals surface area contributed by atoms with Gasteiger partial charge in [0.05, 0.1) is 25.6 Å². The average molecular weight is 517 g/mol. The first-order valence-electron chi connectivity index (χ1n) is 11.2. The van der Waals surface area contributed by atoms with E-state index in [1.807, 2.05) is 0 Å². The highest BCUT2D eigenvalue weighted by atomic mass is 16.5. The second-order valence-electron chi connectivity index (χ2n) is 7.92. The Morgan fingerprint density at radius 1 is 0.947 bits per heavy atom. The maximum atomic E-state index is 13.0. The van der Waals surface area contributed by atoms with Crippen LogP contribution in [0.25, 0.3) is 6.08 Å². The molecule has 11 nitrogen and oxygen atoms in total. The van der Waals surface area contributed by atoms with E-state index in [0.717, 1.165) is 4.90 Å². The van der Waals surface area contributed by atoms with Gasteiger partial charge in [-0.05, 0) is 60.2 Å². The van der Waals surface area contributed by atoms with E-state index in [2.05, 4.69) is 10.6 Å². The number of carbonyl (C=O) groups is 4. The zero-order chi connectivity index (χ0) is 27.2. The van der Waals surface area contributed by atoms with Crippen LogP contribution in [0.1, 0.15) is 5.56 Å². The third kappa shape index (κ3) is 5.57. The number of amides is 5. The third-order valence-electron chi connectivity index (χ3n) is 5.45. The zero-order valence-corrected chi connectivity index (χ0v) is 20.4. The molecule has 0 spiro atoms. The van der Waals surface area contributed by atoms with Crippen molar-refractivity contribution in [3.05, 3.63) is 77.9 Å². The van der Waals surface area contributed by atoms with Crippen molar-refractivity contribution in [3.8, 4) is 23.0 Å². The first-order valence-corrected chi connectivity index (χ1v) is 11.2. The van der Waals surface area contributed by atoms with Crippen LogP contribution in [0.4, 0.5) is 16.2 Å². The lowest BCUT2D eigenvalue weighted by atomic mass is 10.1. The predicted octanol–water partition coefficient (Wildman–Crippen LogP) is 3.09. The molecule has 0 bridgehead atoms. The van der Waals surface area contributed by atoms with Crippen molar-refractivity contribution < 1.29 is 38.5 Å². The standard InChI is InChI=1S/C27H23N3O8/c1-36-21-6-4-3-5-20(21)28-24(32)15-38-22-12-7-16(14-23(22)37-2)13-19-25(33)29-27(35)30(26(19)34)17-8-10-18(31)11-9-17/h3-14,31H,15H2,1-2H3,(H,28,32)(H,29,33,35)/b19-13-. The molecule has 0 unspecified atom stereocenters. The number of phenols is 1. The van der Waals surface area contributed by atoms with Gasteiger partial charge in [-0.25, -0.2) is 9.69 Å². The van der Waals surface area contributed by atoms with E-state index in [0.29, 0.717) is 17.0 Å². The molecule has 5 amide bonds. The van der Waals surface area contributed by atoms with Crippen LogP contribution in [0.2, 0.25) is 0 Å². The van der Waals surface area contributed by atoms with E-state index in [4.69, 9.17) is 14.2 Å². The Labute approximate surface area is 217 Å². The summed E-state index contributed by atoms with van der Waals surface area (Å²) in [4.78, 5) is 51.0. The minimum atomic E-state index is -0.907. The van der Waals surface area contributed by atoms with Crippen molar-refractivity contribution in [1.82, 2.24) is 5.32 Å². The fourth-order valence-corrected chi connectivity index (χ4v) is 3.63. The Bertz CT molecular complexity index is 1430. The number of phenolic OH excluding ortho intramolecular Hbond substituents is 1. The van der Waals surface area contributed by atoms with Gasteiger partial charge in [-0.15, -0.1) is 0 Å². The number of anilines is 2. The summed E-state index contributed by atoms with van der Waals surface area (Å²) < 4.78 is 16.2. The lowest BCUT2D eigenvalue weighted by Crippen LogP contribution is -2.54. The van der Waals surface area contributed by atoms with Gasteiger partial charge < -0.3 is 24.6 Å². The third-order valence-corrected chi connectivity index (χ3v) is 5.45. The lowest BCUT2D eigenvalue weighted by Gasteiger charge is -2.26. The van der Waals surface area contributed by atoms with E-state index in [-0.39, 0.29) is 35.1 Å². The number of benzene rings is 3. The molecule has 1 aliphatic heterocycles. The second kappa shape index (κ2) is 11.2. The number of nitrogens with zero attached hydrogens (tertiary/aromatic N) is 1. The highest BCUT2D eigenvalue weighted by Crippen LogP contribution is 2.30. The largest absolute Gasteiger partial charge is 0.508 e. The molecule has 38 heavy (non-hydrogen) atoms. The van der Waals surface area contributed by atoms with Gasteiger partial charge >= 0.3 is 6.03 Å². The van der Waals surface area contributed by atoms with Gasteiger partial charge in [0, 0.05) is 0 Å². The molecule has 3 aromatic carbocycles. The molecule has 1 fully saturated rings. The quantitative estimate of drug-likeness (QED) is 0.306. The molecule has 11 heteroatoms. The number of barbiturate groups is 1. The van der Waals surface area contributed by atoms with Crippen LogP contribution in [0, 0.1) is 0 Å². The minimum absolute atomic E-state index is 0.0443. The molecule has 3 aromatic rings. The number of carbonyl (C=O) groups excluding carboxylic acids is 4. The molecule has 1 saturated heterocycles. The summed E-state index contributed by atoms with van der Waals surface area (Å²) in [7, 11) is 2.90. The van der Waals surface area contributed by atoms with Gasteiger partial charge in [0.2, 0.25) is 0 Å². The maximum Gasteiger partial charge on any atom is 0.335 e. The topological polar surface area (TPSA) is 143 Å². The van der Waals surface area contributed by atoms with Crippen LogP contribution in [0.15, 0.2) is 72.3 Å². The minimum Gasteiger partial charge on any atom is -0.508 e. The van der Waals surface area contributed by atoms with Crippen molar-refractivity contribution in [3.63, 3.8) is 0 Å². The Kier molecular flexibility index (Phi) is 7.57. The van der Waals surface area contributed by atoms with Crippen LogP contribution in [0.3, 0.4) is 0 Å². The summed E-state index contributed by atoms with van der Waals surface area (Å²) in [6, 6.07) is 16.0. The molecular weight excluding hydrogens is 494 g/mol. The number of urea groups is 1. The number of nitrogens with one attached hydrogen (secondary N) is 2. The average Bonchev–Trinajstić information content (AvgIpc) is 2.91. The van der Waals surface area contributed by atoms with E-state index >= 15 is 0 Å². The van der Waals surface area contributed by atoms with Crippen molar-refractivity contribution in [2.24, 2.45) is 0 Å². The van der Waals surface area contributed by atoms with E-state index in [1.54, 1.807) is 30.3 Å². The van der Waals surface area contributed by atoms with Gasteiger partial charge in [0.1, 0.15) is 17.1 Å². The van der Waals surface area contributed by atoms with Gasteiger partial charge in [-0.1, -0.05) is 18.2 Å². The lowest BCUT2D eigenvalue weighted by molar-refractivity contribution is -0.122. The molecule has 0 saturated carbocycles. The molecule has 0 aromatic heterocycles. The summed E-state index contributed by atoms with van der Waals surface area (Å²) in [5, 5.41) is 14.3. The molecular formula is C27H23N3O8. The van der Waals surface area contributed by atoms with Crippen LogP contribution < -0.4 is 29.7 Å². The fraction of sp³-hybridized carbons (Fsp3) is 0.111. The van der Waals surface area contributed by atoms with Crippen LogP contribution in [-0.4, -0.2) is 49.7 Å². The normalized spacial score (nSPS) is 14.2. The number of rotatable bonds is 8. The number of imide groups is 2. The van der Waals surface area contributed by atoms with Crippen molar-refractivity contribution in [2.75, 3.05) is 31.0 Å². The first kappa shape index (κ1) is 25.8. The molecule has 3 N–H and O–H groups in total. The number of ether oxygens (including phenoxy) is 3. The molecule has 1 aliphatic rings. The molecule has 0 atom stereocenters. The molecule has 1 heterocycles. The second-order valence-corrected chi connectivity index (χ2v) is 7.92. The fourth-order valence-electron chi connectivity index (χ4n) is 3.63. The molecule has 0 radical (unpaired) electrons. The van der Waals surface area contributed by atoms with Gasteiger partial charge in [-0.2, -0.15) is 0 Å². The summed E-state index contributed by atoms with van der Waals surface area (Å²) in [6.07, 6.45) is 1.30. The van der Waals surface area contributed by atoms with E-state index in [9.17, 15) is 24.3 Å². The van der Waals surface area contributed by atoms with E-state index in [1.165, 1.54) is 56.7 Å². The number of hydrogen-bond donors (Lipinski definition) is 3. The summed E-state index contributed by atoms with van der Waals surface area (Å²) in [5.74, 6) is -1.16. The van der Waals surface area contributed by atoms with Gasteiger partial charge in [-0.3, -0.25) is 19.7 Å². The molecule has 0 aliphatic carbocycles. The van der Waals surface area contributed by atoms with Crippen LogP contribution in [0.5, 0.6) is 23.0 Å². The SMILES string of the molecule is COc1ccccc1NC(=O)COc1ccc(/C=C2/C(=O)NC(=O)N(c3ccc(O)cc3)C2=O)cc1OC. The number of hydrogen-bond acceptors (Lipinski definition) is 8. The van der Waals surface area contributed by atoms with Crippen molar-refractivity contribution >= 4 is 41.2 Å². The Hall–Kier alpha value is -5.32. The first-order chi connectivity index (χ1) is 18.3. The zero-order valence-electron chi connectivity index (χ0n) is 20.4. The molecule has 4 rings (SSSR count). The van der Waals surface area contributed by atoms with Gasteiger partial charge in [0.25, 0.3) is 17.7 Å². The summed E-state index contributed by atoms with van der Waals surface area (Å²) in [5.41, 5.74) is 0.792. The molecule has 194 valence electrons. The summed E-state index contributed by atoms with van der Waals surface area (Å²) in [6.45, 7) is -0.320. The monoisotopic (exact) mass is 517 g/mol. The number of methoxy groups -OCH3 is 2. The highest BCUT2D eigenvalue weighted by Gasteiger charge is 2.36. The summed E-state index contributed by atoms with van der Waals surface area (Å²) >= 11 is 0.